The van der Waals surface area contributed by atoms with Gasteiger partial charge in [0.15, 0.2) is 0 Å². The average molecular weight is 254 g/mol. The minimum Gasteiger partial charge on any atom is -0.395 e. The van der Waals surface area contributed by atoms with E-state index in [0.29, 0.717) is 6.04 Å². The number of aliphatic hydroxyl groups is 1. The number of hydrogen-bond donors (Lipinski definition) is 1. The first-order valence-electron chi connectivity index (χ1n) is 6.61. The van der Waals surface area contributed by atoms with Crippen molar-refractivity contribution in [3.05, 3.63) is 16.1 Å². The van der Waals surface area contributed by atoms with Gasteiger partial charge in [-0.2, -0.15) is 0 Å². The van der Waals surface area contributed by atoms with Crippen molar-refractivity contribution >= 4 is 11.3 Å². The van der Waals surface area contributed by atoms with E-state index >= 15 is 0 Å². The summed E-state index contributed by atoms with van der Waals surface area (Å²) < 4.78 is 0. The van der Waals surface area contributed by atoms with Gasteiger partial charge in [0, 0.05) is 24.5 Å². The zero-order valence-corrected chi connectivity index (χ0v) is 11.4. The summed E-state index contributed by atoms with van der Waals surface area (Å²) in [5.74, 6) is 0. The number of aryl methyl sites for hydroxylation is 1. The molecule has 0 bridgehead atoms. The molecule has 0 spiro atoms. The zero-order valence-electron chi connectivity index (χ0n) is 10.6. The molecule has 0 atom stereocenters. The third kappa shape index (κ3) is 3.50. The van der Waals surface area contributed by atoms with Gasteiger partial charge in [0.05, 0.1) is 17.3 Å². The maximum atomic E-state index is 9.17. The van der Waals surface area contributed by atoms with Crippen molar-refractivity contribution in [3.8, 4) is 0 Å². The smallest absolute Gasteiger partial charge is 0.0926 e. The van der Waals surface area contributed by atoms with Crippen LogP contribution in [0.25, 0.3) is 0 Å². The maximum Gasteiger partial charge on any atom is 0.0926 e. The van der Waals surface area contributed by atoms with Gasteiger partial charge in [-0.1, -0.05) is 19.8 Å². The summed E-state index contributed by atoms with van der Waals surface area (Å²) >= 11 is 1.75. The number of hydrogen-bond acceptors (Lipinski definition) is 4. The molecule has 0 amide bonds. The number of rotatable bonds is 6. The third-order valence-electron chi connectivity index (χ3n) is 3.50. The van der Waals surface area contributed by atoms with Gasteiger partial charge in [0.1, 0.15) is 0 Å². The van der Waals surface area contributed by atoms with Crippen LogP contribution in [0.3, 0.4) is 0 Å². The molecule has 1 N–H and O–H groups in total. The Morgan fingerprint density at radius 2 is 2.24 bits per heavy atom. The van der Waals surface area contributed by atoms with Crippen LogP contribution >= 0.6 is 11.3 Å². The minimum atomic E-state index is 0.251. The van der Waals surface area contributed by atoms with E-state index in [-0.39, 0.29) is 6.61 Å². The molecule has 0 aliphatic heterocycles. The van der Waals surface area contributed by atoms with Crippen molar-refractivity contribution in [2.45, 2.75) is 51.6 Å². The van der Waals surface area contributed by atoms with Gasteiger partial charge in [0.2, 0.25) is 0 Å². The second kappa shape index (κ2) is 6.47. The van der Waals surface area contributed by atoms with Crippen LogP contribution in [0.2, 0.25) is 0 Å². The molecule has 96 valence electrons. The van der Waals surface area contributed by atoms with Gasteiger partial charge in [-0.05, 0) is 19.3 Å². The first-order chi connectivity index (χ1) is 8.33. The summed E-state index contributed by atoms with van der Waals surface area (Å²) in [6.45, 7) is 4.08. The first kappa shape index (κ1) is 13.0. The molecule has 2 rings (SSSR count). The monoisotopic (exact) mass is 254 g/mol. The van der Waals surface area contributed by atoms with Crippen molar-refractivity contribution in [1.82, 2.24) is 9.88 Å². The molecule has 17 heavy (non-hydrogen) atoms. The van der Waals surface area contributed by atoms with Crippen molar-refractivity contribution in [3.63, 3.8) is 0 Å². The average Bonchev–Trinajstić information content (AvgIpc) is 2.99. The molecule has 1 aromatic heterocycles. The van der Waals surface area contributed by atoms with Crippen LogP contribution in [0.4, 0.5) is 0 Å². The molecule has 0 saturated heterocycles. The summed E-state index contributed by atoms with van der Waals surface area (Å²) in [6, 6.07) is 0.661. The largest absolute Gasteiger partial charge is 0.395 e. The highest BCUT2D eigenvalue weighted by Gasteiger charge is 2.22. The summed E-state index contributed by atoms with van der Waals surface area (Å²) in [7, 11) is 0. The highest BCUT2D eigenvalue weighted by atomic mass is 32.1. The fraction of sp³-hybridized carbons (Fsp3) is 0.769. The lowest BCUT2D eigenvalue weighted by atomic mass is 10.2. The second-order valence-corrected chi connectivity index (χ2v) is 5.66. The summed E-state index contributed by atoms with van der Waals surface area (Å²) in [5.41, 5.74) is 1.17. The molecule has 1 aliphatic rings. The van der Waals surface area contributed by atoms with Gasteiger partial charge in [-0.3, -0.25) is 4.90 Å². The summed E-state index contributed by atoms with van der Waals surface area (Å²) in [6.07, 6.45) is 6.26. The lowest BCUT2D eigenvalue weighted by Gasteiger charge is -2.27. The second-order valence-electron chi connectivity index (χ2n) is 4.72. The van der Waals surface area contributed by atoms with Crippen molar-refractivity contribution in [2.24, 2.45) is 0 Å². The van der Waals surface area contributed by atoms with Crippen molar-refractivity contribution in [2.75, 3.05) is 13.2 Å². The van der Waals surface area contributed by atoms with Gasteiger partial charge < -0.3 is 5.11 Å². The van der Waals surface area contributed by atoms with Crippen LogP contribution in [0, 0.1) is 0 Å². The molecule has 1 aliphatic carbocycles. The van der Waals surface area contributed by atoms with E-state index in [1.165, 1.54) is 36.4 Å². The van der Waals surface area contributed by atoms with Crippen LogP contribution in [-0.2, 0) is 13.0 Å². The Balaban J connectivity index is 1.96. The highest BCUT2D eigenvalue weighted by Crippen LogP contribution is 2.25. The number of thiazole rings is 1. The topological polar surface area (TPSA) is 36.4 Å². The lowest BCUT2D eigenvalue weighted by Crippen LogP contribution is -2.35. The zero-order chi connectivity index (χ0) is 12.1. The Labute approximate surface area is 107 Å². The number of aromatic nitrogens is 1. The SMILES string of the molecule is CCc1nc(CN(CCO)C2CCCC2)cs1. The quantitative estimate of drug-likeness (QED) is 0.847. The summed E-state index contributed by atoms with van der Waals surface area (Å²) in [5, 5.41) is 12.5. The normalized spacial score (nSPS) is 17.1. The van der Waals surface area contributed by atoms with E-state index in [0.717, 1.165) is 19.5 Å². The Hall–Kier alpha value is -0.450. The van der Waals surface area contributed by atoms with Gasteiger partial charge in [-0.15, -0.1) is 11.3 Å². The van der Waals surface area contributed by atoms with E-state index in [1.54, 1.807) is 11.3 Å². The van der Waals surface area contributed by atoms with Gasteiger partial charge >= 0.3 is 0 Å². The Morgan fingerprint density at radius 3 is 2.82 bits per heavy atom. The fourth-order valence-corrected chi connectivity index (χ4v) is 3.32. The first-order valence-corrected chi connectivity index (χ1v) is 7.49. The molecule has 3 nitrogen and oxygen atoms in total. The summed E-state index contributed by atoms with van der Waals surface area (Å²) in [4.78, 5) is 7.02. The molecule has 1 heterocycles. The predicted octanol–water partition coefficient (Wildman–Crippen LogP) is 2.44. The van der Waals surface area contributed by atoms with Crippen LogP contribution in [0.5, 0.6) is 0 Å². The number of aliphatic hydroxyl groups excluding tert-OH is 1. The molecular weight excluding hydrogens is 232 g/mol. The van der Waals surface area contributed by atoms with E-state index in [1.807, 2.05) is 0 Å². The minimum absolute atomic E-state index is 0.251. The third-order valence-corrected chi connectivity index (χ3v) is 4.54. The molecule has 0 aromatic carbocycles. The Morgan fingerprint density at radius 1 is 1.47 bits per heavy atom. The van der Waals surface area contributed by atoms with Crippen LogP contribution in [-0.4, -0.2) is 34.2 Å². The van der Waals surface area contributed by atoms with Gasteiger partial charge in [-0.25, -0.2) is 4.98 Å². The van der Waals surface area contributed by atoms with Crippen LogP contribution < -0.4 is 0 Å². The molecule has 1 aromatic rings. The molecule has 0 radical (unpaired) electrons. The maximum absolute atomic E-state index is 9.17. The van der Waals surface area contributed by atoms with E-state index in [2.05, 4.69) is 22.2 Å². The predicted molar refractivity (Wildman–Crippen MR) is 71.2 cm³/mol. The van der Waals surface area contributed by atoms with Gasteiger partial charge in [0.25, 0.3) is 0 Å². The molecule has 1 saturated carbocycles. The molecule has 4 heteroatoms. The lowest BCUT2D eigenvalue weighted by molar-refractivity contribution is 0.143. The number of nitrogens with zero attached hydrogens (tertiary/aromatic N) is 2. The standard InChI is InChI=1S/C13H22N2OS/c1-2-13-14-11(10-17-13)9-15(7-8-16)12-5-3-4-6-12/h10,12,16H,2-9H2,1H3. The Kier molecular flexibility index (Phi) is 4.95. The molecular formula is C13H22N2OS. The molecule has 1 fully saturated rings. The van der Waals surface area contributed by atoms with E-state index in [4.69, 9.17) is 5.11 Å². The highest BCUT2D eigenvalue weighted by molar-refractivity contribution is 7.09. The Bertz CT molecular complexity index is 334. The fourth-order valence-electron chi connectivity index (χ4n) is 2.58. The molecule has 0 unspecified atom stereocenters. The van der Waals surface area contributed by atoms with E-state index < -0.39 is 0 Å². The van der Waals surface area contributed by atoms with Crippen LogP contribution in [0.15, 0.2) is 5.38 Å². The van der Waals surface area contributed by atoms with Crippen molar-refractivity contribution in [1.29, 1.82) is 0 Å². The van der Waals surface area contributed by atoms with E-state index in [9.17, 15) is 0 Å². The van der Waals surface area contributed by atoms with Crippen LogP contribution in [0.1, 0.15) is 43.3 Å². The van der Waals surface area contributed by atoms with Crippen molar-refractivity contribution < 1.29 is 5.11 Å².